The molecule has 3 N–H and O–H groups in total. The van der Waals surface area contributed by atoms with Gasteiger partial charge < -0.3 is 29.8 Å². The molecule has 6 heteroatoms. The smallest absolute Gasteiger partial charge is 0.0701 e. The van der Waals surface area contributed by atoms with E-state index in [1.54, 1.807) is 7.11 Å². The number of hydrogen-bond donors (Lipinski definition) is 2. The molecule has 114 valence electrons. The second-order valence-electron chi connectivity index (χ2n) is 4.94. The van der Waals surface area contributed by atoms with E-state index in [1.807, 2.05) is 0 Å². The van der Waals surface area contributed by atoms with E-state index in [4.69, 9.17) is 24.7 Å². The molecule has 0 radical (unpaired) electrons. The van der Waals surface area contributed by atoms with Crippen LogP contribution in [0.1, 0.15) is 12.8 Å². The standard InChI is InChI=1S/C13H27NO5/c1-16-4-5-17-6-7-18-8-9-19-11-13(14,10-15)12-2-3-12/h12,15H,2-11,14H2,1H3. The Hall–Kier alpha value is -0.240. The quantitative estimate of drug-likeness (QED) is 0.453. The van der Waals surface area contributed by atoms with Crippen molar-refractivity contribution in [2.75, 3.05) is 60.0 Å². The van der Waals surface area contributed by atoms with Crippen LogP contribution in [0.5, 0.6) is 0 Å². The number of nitrogens with two attached hydrogens (primary N) is 1. The van der Waals surface area contributed by atoms with Crippen molar-refractivity contribution in [3.63, 3.8) is 0 Å². The zero-order valence-electron chi connectivity index (χ0n) is 11.8. The summed E-state index contributed by atoms with van der Waals surface area (Å²) in [6.45, 7) is 3.66. The molecule has 1 atom stereocenters. The van der Waals surface area contributed by atoms with Gasteiger partial charge in [-0.15, -0.1) is 0 Å². The van der Waals surface area contributed by atoms with E-state index in [-0.39, 0.29) is 6.61 Å². The third-order valence-corrected chi connectivity index (χ3v) is 3.23. The zero-order valence-corrected chi connectivity index (χ0v) is 11.8. The normalized spacial score (nSPS) is 18.5. The fourth-order valence-electron chi connectivity index (χ4n) is 1.80. The Morgan fingerprint density at radius 1 is 1.00 bits per heavy atom. The maximum Gasteiger partial charge on any atom is 0.0701 e. The van der Waals surface area contributed by atoms with Gasteiger partial charge in [0.1, 0.15) is 0 Å². The van der Waals surface area contributed by atoms with Crippen molar-refractivity contribution in [1.29, 1.82) is 0 Å². The summed E-state index contributed by atoms with van der Waals surface area (Å²) in [6, 6.07) is 0. The summed E-state index contributed by atoms with van der Waals surface area (Å²) < 4.78 is 20.9. The third-order valence-electron chi connectivity index (χ3n) is 3.23. The van der Waals surface area contributed by atoms with Crippen LogP contribution in [0.3, 0.4) is 0 Å². The Kier molecular flexibility index (Phi) is 8.52. The SMILES string of the molecule is COCCOCCOCCOCC(N)(CO)C1CC1. The van der Waals surface area contributed by atoms with Crippen LogP contribution in [0.25, 0.3) is 0 Å². The molecule has 6 nitrogen and oxygen atoms in total. The van der Waals surface area contributed by atoms with Crippen molar-refractivity contribution in [1.82, 2.24) is 0 Å². The Bertz CT molecular complexity index is 225. The molecule has 1 rings (SSSR count). The topological polar surface area (TPSA) is 83.2 Å². The Morgan fingerprint density at radius 2 is 1.53 bits per heavy atom. The molecule has 19 heavy (non-hydrogen) atoms. The van der Waals surface area contributed by atoms with Gasteiger partial charge in [-0.05, 0) is 18.8 Å². The lowest BCUT2D eigenvalue weighted by Gasteiger charge is -2.26. The minimum atomic E-state index is -0.566. The molecule has 0 aliphatic heterocycles. The van der Waals surface area contributed by atoms with Crippen LogP contribution < -0.4 is 5.73 Å². The summed E-state index contributed by atoms with van der Waals surface area (Å²) in [4.78, 5) is 0. The first-order valence-electron chi connectivity index (χ1n) is 6.85. The first-order valence-corrected chi connectivity index (χ1v) is 6.85. The van der Waals surface area contributed by atoms with Crippen LogP contribution >= 0.6 is 0 Å². The number of aliphatic hydroxyl groups is 1. The maximum absolute atomic E-state index is 9.28. The number of methoxy groups -OCH3 is 1. The first kappa shape index (κ1) is 16.8. The number of aliphatic hydroxyl groups excluding tert-OH is 1. The van der Waals surface area contributed by atoms with E-state index in [1.165, 1.54) is 0 Å². The van der Waals surface area contributed by atoms with Gasteiger partial charge >= 0.3 is 0 Å². The first-order chi connectivity index (χ1) is 9.23. The third kappa shape index (κ3) is 7.20. The Balaban J connectivity index is 1.85. The molecule has 1 aliphatic carbocycles. The molecule has 1 saturated carbocycles. The largest absolute Gasteiger partial charge is 0.394 e. The fourth-order valence-corrected chi connectivity index (χ4v) is 1.80. The molecule has 0 aromatic rings. The van der Waals surface area contributed by atoms with Gasteiger partial charge in [0.25, 0.3) is 0 Å². The Morgan fingerprint density at radius 3 is 2.00 bits per heavy atom. The lowest BCUT2D eigenvalue weighted by atomic mass is 9.97. The van der Waals surface area contributed by atoms with E-state index in [0.717, 1.165) is 12.8 Å². The lowest BCUT2D eigenvalue weighted by Crippen LogP contribution is -2.50. The molecule has 0 bridgehead atoms. The predicted molar refractivity (Wildman–Crippen MR) is 71.1 cm³/mol. The summed E-state index contributed by atoms with van der Waals surface area (Å²) in [7, 11) is 1.64. The van der Waals surface area contributed by atoms with Gasteiger partial charge in [-0.1, -0.05) is 0 Å². The van der Waals surface area contributed by atoms with Crippen molar-refractivity contribution in [3.05, 3.63) is 0 Å². The minimum absolute atomic E-state index is 0.0220. The van der Waals surface area contributed by atoms with Crippen molar-refractivity contribution < 1.29 is 24.1 Å². The number of rotatable bonds is 13. The predicted octanol–water partition coefficient (Wildman–Crippen LogP) is -0.218. The molecule has 1 aliphatic rings. The number of ether oxygens (including phenoxy) is 4. The van der Waals surface area contributed by atoms with Gasteiger partial charge in [0.05, 0.1) is 58.4 Å². The molecule has 0 amide bonds. The highest BCUT2D eigenvalue weighted by atomic mass is 16.6. The Labute approximate surface area is 115 Å². The van der Waals surface area contributed by atoms with Crippen LogP contribution in [0.2, 0.25) is 0 Å². The molecular weight excluding hydrogens is 250 g/mol. The monoisotopic (exact) mass is 277 g/mol. The van der Waals surface area contributed by atoms with Gasteiger partial charge in [-0.3, -0.25) is 0 Å². The average molecular weight is 277 g/mol. The van der Waals surface area contributed by atoms with Gasteiger partial charge in [0.2, 0.25) is 0 Å². The van der Waals surface area contributed by atoms with Crippen molar-refractivity contribution in [3.8, 4) is 0 Å². The molecule has 0 aromatic heterocycles. The van der Waals surface area contributed by atoms with E-state index in [9.17, 15) is 5.11 Å². The number of hydrogen-bond acceptors (Lipinski definition) is 6. The van der Waals surface area contributed by atoms with Crippen LogP contribution in [0.4, 0.5) is 0 Å². The zero-order chi connectivity index (χ0) is 14.0. The highest BCUT2D eigenvalue weighted by Crippen LogP contribution is 2.38. The molecule has 0 aromatic carbocycles. The van der Waals surface area contributed by atoms with Crippen LogP contribution in [-0.4, -0.2) is 70.6 Å². The van der Waals surface area contributed by atoms with E-state index >= 15 is 0 Å². The van der Waals surface area contributed by atoms with Gasteiger partial charge in [-0.2, -0.15) is 0 Å². The summed E-state index contributed by atoms with van der Waals surface area (Å²) in [6.07, 6.45) is 2.19. The van der Waals surface area contributed by atoms with Crippen LogP contribution in [0.15, 0.2) is 0 Å². The summed E-state index contributed by atoms with van der Waals surface area (Å²) in [5.74, 6) is 0.410. The minimum Gasteiger partial charge on any atom is -0.394 e. The second kappa shape index (κ2) is 9.63. The van der Waals surface area contributed by atoms with E-state index < -0.39 is 5.54 Å². The fraction of sp³-hybridized carbons (Fsp3) is 1.00. The van der Waals surface area contributed by atoms with Crippen molar-refractivity contribution in [2.45, 2.75) is 18.4 Å². The molecular formula is C13H27NO5. The molecule has 0 spiro atoms. The van der Waals surface area contributed by atoms with E-state index in [0.29, 0.717) is 52.2 Å². The summed E-state index contributed by atoms with van der Waals surface area (Å²) in [5.41, 5.74) is 5.50. The van der Waals surface area contributed by atoms with Gasteiger partial charge in [-0.25, -0.2) is 0 Å². The molecule has 0 heterocycles. The van der Waals surface area contributed by atoms with Crippen molar-refractivity contribution in [2.24, 2.45) is 11.7 Å². The highest BCUT2D eigenvalue weighted by molar-refractivity contribution is 4.98. The van der Waals surface area contributed by atoms with Gasteiger partial charge in [0, 0.05) is 7.11 Å². The van der Waals surface area contributed by atoms with Crippen LogP contribution in [0, 0.1) is 5.92 Å². The maximum atomic E-state index is 9.28. The highest BCUT2D eigenvalue weighted by Gasteiger charge is 2.41. The molecule has 1 fully saturated rings. The summed E-state index contributed by atoms with van der Waals surface area (Å²) >= 11 is 0. The lowest BCUT2D eigenvalue weighted by molar-refractivity contribution is -0.0119. The molecule has 0 saturated heterocycles. The molecule has 1 unspecified atom stereocenters. The van der Waals surface area contributed by atoms with E-state index in [2.05, 4.69) is 0 Å². The van der Waals surface area contributed by atoms with Gasteiger partial charge in [0.15, 0.2) is 0 Å². The summed E-state index contributed by atoms with van der Waals surface area (Å²) in [5, 5.41) is 9.28. The second-order valence-corrected chi connectivity index (χ2v) is 4.94. The average Bonchev–Trinajstić information content (AvgIpc) is 3.25. The van der Waals surface area contributed by atoms with Crippen LogP contribution in [-0.2, 0) is 18.9 Å². The van der Waals surface area contributed by atoms with Crippen molar-refractivity contribution >= 4 is 0 Å².